The van der Waals surface area contributed by atoms with Crippen LogP contribution in [0.2, 0.25) is 0 Å². The summed E-state index contributed by atoms with van der Waals surface area (Å²) in [6.07, 6.45) is -4.12. The van der Waals surface area contributed by atoms with Crippen LogP contribution in [0.5, 0.6) is 11.5 Å². The molecule has 0 amide bonds. The Bertz CT molecular complexity index is 681. The summed E-state index contributed by atoms with van der Waals surface area (Å²) in [6, 6.07) is 11.4. The van der Waals surface area contributed by atoms with Crippen molar-refractivity contribution in [2.45, 2.75) is 19.2 Å². The highest BCUT2D eigenvalue weighted by atomic mass is 127. The number of rotatable bonds is 8. The van der Waals surface area contributed by atoms with Crippen molar-refractivity contribution in [2.24, 2.45) is 0 Å². The minimum absolute atomic E-state index is 0.0177. The fourth-order valence-corrected chi connectivity index (χ4v) is 2.99. The van der Waals surface area contributed by atoms with E-state index < -0.39 is 11.7 Å². The lowest BCUT2D eigenvalue weighted by atomic mass is 10.1. The summed E-state index contributed by atoms with van der Waals surface area (Å²) in [5, 5.41) is 0. The lowest BCUT2D eigenvalue weighted by Crippen LogP contribution is -2.11. The van der Waals surface area contributed by atoms with Crippen LogP contribution in [0.1, 0.15) is 16.7 Å². The van der Waals surface area contributed by atoms with Gasteiger partial charge in [-0.25, -0.2) is 0 Å². The molecule has 2 aromatic carbocycles. The normalized spacial score (nSPS) is 11.4. The molecule has 0 saturated carbocycles. The molecule has 0 aliphatic heterocycles. The molecule has 0 spiro atoms. The number of methoxy groups -OCH3 is 1. The summed E-state index contributed by atoms with van der Waals surface area (Å²) in [4.78, 5) is 0. The monoisotopic (exact) mass is 484 g/mol. The first-order valence-corrected chi connectivity index (χ1v) is 10.6. The van der Waals surface area contributed by atoms with Gasteiger partial charge < -0.3 is 13.7 Å². The summed E-state index contributed by atoms with van der Waals surface area (Å²) >= 11 is 1.98. The minimum atomic E-state index is -4.54. The van der Waals surface area contributed by atoms with Crippen LogP contribution in [0.15, 0.2) is 42.5 Å². The molecule has 2 rings (SSSR count). The van der Waals surface area contributed by atoms with Gasteiger partial charge in [-0.3, -0.25) is 0 Å². The van der Waals surface area contributed by atoms with Crippen molar-refractivity contribution in [1.29, 1.82) is 0 Å². The zero-order valence-corrected chi connectivity index (χ0v) is 16.3. The maximum Gasteiger partial charge on any atom is 0.420 e. The van der Waals surface area contributed by atoms with E-state index in [1.54, 1.807) is 24.3 Å². The third-order valence-corrected chi connectivity index (χ3v) is 4.45. The van der Waals surface area contributed by atoms with Crippen molar-refractivity contribution < 1.29 is 26.8 Å². The second kappa shape index (κ2) is 9.54. The SMILES string of the molecule is COc1c(CCOSI)ccc(C(F)(F)F)c1OCc1ccccc1. The predicted octanol–water partition coefficient (Wildman–Crippen LogP) is 5.85. The van der Waals surface area contributed by atoms with E-state index in [1.165, 1.54) is 22.4 Å². The Morgan fingerprint density at radius 1 is 1.04 bits per heavy atom. The fraction of sp³-hybridized carbons (Fsp3) is 0.294. The van der Waals surface area contributed by atoms with Crippen LogP contribution in [0.25, 0.3) is 0 Å². The molecule has 0 N–H and O–H groups in total. The van der Waals surface area contributed by atoms with Crippen LogP contribution in [0.4, 0.5) is 13.2 Å². The lowest BCUT2D eigenvalue weighted by Gasteiger charge is -2.19. The van der Waals surface area contributed by atoms with E-state index in [-0.39, 0.29) is 18.1 Å². The third-order valence-electron chi connectivity index (χ3n) is 3.43. The standard InChI is InChI=1S/C17H16F3IO3S/c1-22-15-13(9-10-24-25-21)7-8-14(17(18,19)20)16(15)23-11-12-5-3-2-4-6-12/h2-8H,9-11H2,1H3. The zero-order chi connectivity index (χ0) is 18.3. The Labute approximate surface area is 160 Å². The van der Waals surface area contributed by atoms with Gasteiger partial charge in [-0.05, 0) is 11.6 Å². The van der Waals surface area contributed by atoms with Gasteiger partial charge in [0.1, 0.15) is 12.2 Å². The van der Waals surface area contributed by atoms with Gasteiger partial charge in [-0.1, -0.05) is 36.4 Å². The fourth-order valence-electron chi connectivity index (χ4n) is 2.30. The summed E-state index contributed by atoms with van der Waals surface area (Å²) in [7, 11) is 2.51. The molecule has 0 radical (unpaired) electrons. The molecule has 0 aliphatic rings. The minimum Gasteiger partial charge on any atom is -0.493 e. The summed E-state index contributed by atoms with van der Waals surface area (Å²) in [5.74, 6) is -0.203. The molecule has 0 fully saturated rings. The zero-order valence-electron chi connectivity index (χ0n) is 13.3. The van der Waals surface area contributed by atoms with Crippen molar-refractivity contribution in [3.05, 3.63) is 59.2 Å². The van der Waals surface area contributed by atoms with Crippen LogP contribution < -0.4 is 9.47 Å². The van der Waals surface area contributed by atoms with E-state index in [1.807, 2.05) is 27.3 Å². The second-order valence-corrected chi connectivity index (χ2v) is 6.48. The van der Waals surface area contributed by atoms with E-state index >= 15 is 0 Å². The number of benzene rings is 2. The van der Waals surface area contributed by atoms with E-state index in [4.69, 9.17) is 13.7 Å². The first-order chi connectivity index (χ1) is 12.0. The maximum absolute atomic E-state index is 13.4. The van der Waals surface area contributed by atoms with Crippen LogP contribution in [-0.2, 0) is 23.4 Å². The Morgan fingerprint density at radius 2 is 1.76 bits per heavy atom. The molecule has 3 nitrogen and oxygen atoms in total. The second-order valence-electron chi connectivity index (χ2n) is 5.04. The number of halogens is 4. The molecule has 0 aliphatic carbocycles. The molecule has 2 aromatic rings. The molecular weight excluding hydrogens is 468 g/mol. The number of hydrogen-bond acceptors (Lipinski definition) is 4. The van der Waals surface area contributed by atoms with E-state index in [2.05, 4.69) is 0 Å². The Kier molecular flexibility index (Phi) is 7.70. The van der Waals surface area contributed by atoms with Crippen LogP contribution >= 0.6 is 30.4 Å². The smallest absolute Gasteiger partial charge is 0.420 e. The van der Waals surface area contributed by atoms with Crippen molar-refractivity contribution >= 4 is 30.4 Å². The largest absolute Gasteiger partial charge is 0.493 e. The molecule has 0 bridgehead atoms. The average Bonchev–Trinajstić information content (AvgIpc) is 2.60. The Morgan fingerprint density at radius 3 is 2.36 bits per heavy atom. The average molecular weight is 484 g/mol. The topological polar surface area (TPSA) is 27.7 Å². The van der Waals surface area contributed by atoms with E-state index in [9.17, 15) is 13.2 Å². The van der Waals surface area contributed by atoms with E-state index in [0.29, 0.717) is 18.6 Å². The molecule has 0 atom stereocenters. The summed E-state index contributed by atoms with van der Waals surface area (Å²) < 4.78 is 56.0. The molecule has 0 saturated heterocycles. The molecule has 0 heterocycles. The quantitative estimate of drug-likeness (QED) is 0.267. The maximum atomic E-state index is 13.4. The Hall–Kier alpha value is -1.13. The van der Waals surface area contributed by atoms with E-state index in [0.717, 1.165) is 11.6 Å². The summed E-state index contributed by atoms with van der Waals surface area (Å²) in [5.41, 5.74) is 0.518. The van der Waals surface area contributed by atoms with Crippen molar-refractivity contribution in [2.75, 3.05) is 13.7 Å². The van der Waals surface area contributed by atoms with Crippen molar-refractivity contribution in [3.8, 4) is 11.5 Å². The van der Waals surface area contributed by atoms with Crippen LogP contribution in [0.3, 0.4) is 0 Å². The molecule has 136 valence electrons. The highest BCUT2D eigenvalue weighted by Gasteiger charge is 2.36. The van der Waals surface area contributed by atoms with Gasteiger partial charge in [0.2, 0.25) is 0 Å². The molecule has 8 heteroatoms. The van der Waals surface area contributed by atoms with Gasteiger partial charge in [0.05, 0.1) is 22.9 Å². The third kappa shape index (κ3) is 5.68. The van der Waals surface area contributed by atoms with Gasteiger partial charge in [-0.15, -0.1) is 0 Å². The van der Waals surface area contributed by atoms with Gasteiger partial charge in [0.25, 0.3) is 0 Å². The number of hydrogen-bond donors (Lipinski definition) is 0. The van der Waals surface area contributed by atoms with Gasteiger partial charge in [0, 0.05) is 33.2 Å². The van der Waals surface area contributed by atoms with Gasteiger partial charge >= 0.3 is 6.18 Å². The van der Waals surface area contributed by atoms with Crippen molar-refractivity contribution in [1.82, 2.24) is 0 Å². The molecule has 0 aromatic heterocycles. The molecular formula is C17H16F3IO3S. The predicted molar refractivity (Wildman–Crippen MR) is 100 cm³/mol. The van der Waals surface area contributed by atoms with Crippen LogP contribution in [0, 0.1) is 0 Å². The highest BCUT2D eigenvalue weighted by Crippen LogP contribution is 2.44. The van der Waals surface area contributed by atoms with Crippen molar-refractivity contribution in [3.63, 3.8) is 0 Å². The summed E-state index contributed by atoms with van der Waals surface area (Å²) in [6.45, 7) is 0.372. The molecule has 0 unspecified atom stereocenters. The first kappa shape index (κ1) is 20.2. The Balaban J connectivity index is 2.35. The molecule has 25 heavy (non-hydrogen) atoms. The van der Waals surface area contributed by atoms with Crippen LogP contribution in [-0.4, -0.2) is 13.7 Å². The van der Waals surface area contributed by atoms with Gasteiger partial charge in [-0.2, -0.15) is 13.2 Å². The van der Waals surface area contributed by atoms with Gasteiger partial charge in [0.15, 0.2) is 11.5 Å². The number of alkyl halides is 3. The lowest BCUT2D eigenvalue weighted by molar-refractivity contribution is -0.139. The first-order valence-electron chi connectivity index (χ1n) is 7.31. The highest BCUT2D eigenvalue weighted by molar-refractivity contribution is 14.2. The number of ether oxygens (including phenoxy) is 2.